The molecule has 1 unspecified atom stereocenters. The van der Waals surface area contributed by atoms with Gasteiger partial charge in [0.2, 0.25) is 5.82 Å². The standard InChI is InChI=1S/C23H28N6O2/c1-2-24-22(25-15-20-27-21(29-28-20)19-10-7-13-30-19)26-17-14-23(11-5-6-12-23)31-18-9-4-3-8-16(17)18/h3-4,7-10,13,17H,2,5-6,11-12,14-15H2,1H3,(H2,24,25,26)(H,27,28,29). The second kappa shape index (κ2) is 8.45. The van der Waals surface area contributed by atoms with Gasteiger partial charge in [0.15, 0.2) is 11.7 Å². The predicted octanol–water partition coefficient (Wildman–Crippen LogP) is 3.96. The van der Waals surface area contributed by atoms with Crippen molar-refractivity contribution in [2.45, 2.75) is 57.2 Å². The van der Waals surface area contributed by atoms with Gasteiger partial charge in [-0.1, -0.05) is 18.2 Å². The van der Waals surface area contributed by atoms with Gasteiger partial charge in [-0.15, -0.1) is 5.10 Å². The van der Waals surface area contributed by atoms with Crippen LogP contribution in [0.4, 0.5) is 0 Å². The number of aromatic amines is 1. The van der Waals surface area contributed by atoms with E-state index in [2.05, 4.69) is 50.9 Å². The number of hydrogen-bond acceptors (Lipinski definition) is 5. The summed E-state index contributed by atoms with van der Waals surface area (Å²) in [6.45, 7) is 3.23. The minimum Gasteiger partial charge on any atom is -0.487 e. The van der Waals surface area contributed by atoms with Gasteiger partial charge in [0.05, 0.1) is 12.3 Å². The first-order chi connectivity index (χ1) is 15.2. The van der Waals surface area contributed by atoms with E-state index in [1.54, 1.807) is 6.26 Å². The number of aromatic nitrogens is 3. The second-order valence-electron chi connectivity index (χ2n) is 8.21. The van der Waals surface area contributed by atoms with E-state index in [1.807, 2.05) is 18.2 Å². The molecule has 2 aliphatic rings. The number of benzene rings is 1. The minimum absolute atomic E-state index is 0.0633. The van der Waals surface area contributed by atoms with E-state index in [0.29, 0.717) is 24.0 Å². The third-order valence-electron chi connectivity index (χ3n) is 6.03. The van der Waals surface area contributed by atoms with E-state index >= 15 is 0 Å². The minimum atomic E-state index is -0.0633. The first-order valence-corrected chi connectivity index (χ1v) is 11.0. The highest BCUT2D eigenvalue weighted by Gasteiger charge is 2.43. The summed E-state index contributed by atoms with van der Waals surface area (Å²) < 4.78 is 11.8. The number of para-hydroxylation sites is 1. The summed E-state index contributed by atoms with van der Waals surface area (Å²) in [7, 11) is 0. The van der Waals surface area contributed by atoms with Gasteiger partial charge in [-0.3, -0.25) is 5.10 Å². The van der Waals surface area contributed by atoms with E-state index in [4.69, 9.17) is 14.1 Å². The largest absolute Gasteiger partial charge is 0.487 e. The Hall–Kier alpha value is -3.29. The second-order valence-corrected chi connectivity index (χ2v) is 8.21. The highest BCUT2D eigenvalue weighted by atomic mass is 16.5. The number of guanidine groups is 1. The van der Waals surface area contributed by atoms with Crippen LogP contribution in [-0.4, -0.2) is 33.3 Å². The molecule has 5 rings (SSSR count). The molecule has 31 heavy (non-hydrogen) atoms. The number of furan rings is 1. The molecule has 0 saturated heterocycles. The van der Waals surface area contributed by atoms with Crippen LogP contribution in [0.1, 0.15) is 56.5 Å². The van der Waals surface area contributed by atoms with Crippen molar-refractivity contribution >= 4 is 5.96 Å². The summed E-state index contributed by atoms with van der Waals surface area (Å²) in [5.41, 5.74) is 1.12. The zero-order valence-electron chi connectivity index (χ0n) is 17.7. The van der Waals surface area contributed by atoms with Gasteiger partial charge >= 0.3 is 0 Å². The van der Waals surface area contributed by atoms with E-state index in [9.17, 15) is 0 Å². The molecule has 2 aromatic heterocycles. The van der Waals surface area contributed by atoms with Crippen LogP contribution >= 0.6 is 0 Å². The van der Waals surface area contributed by atoms with Crippen molar-refractivity contribution in [2.24, 2.45) is 4.99 Å². The summed E-state index contributed by atoms with van der Waals surface area (Å²) in [6, 6.07) is 12.1. The molecule has 1 aromatic carbocycles. The number of nitrogens with zero attached hydrogens (tertiary/aromatic N) is 3. The van der Waals surface area contributed by atoms with Crippen LogP contribution in [-0.2, 0) is 6.54 Å². The van der Waals surface area contributed by atoms with Crippen molar-refractivity contribution in [1.29, 1.82) is 0 Å². The van der Waals surface area contributed by atoms with Crippen molar-refractivity contribution in [3.8, 4) is 17.3 Å². The lowest BCUT2D eigenvalue weighted by molar-refractivity contribution is 0.0396. The quantitative estimate of drug-likeness (QED) is 0.427. The van der Waals surface area contributed by atoms with Crippen LogP contribution < -0.4 is 15.4 Å². The molecule has 1 aliphatic carbocycles. The Balaban J connectivity index is 1.34. The monoisotopic (exact) mass is 420 g/mol. The fourth-order valence-electron chi connectivity index (χ4n) is 4.59. The van der Waals surface area contributed by atoms with E-state index < -0.39 is 0 Å². The molecule has 162 valence electrons. The highest BCUT2D eigenvalue weighted by molar-refractivity contribution is 5.80. The number of ether oxygens (including phenoxy) is 1. The van der Waals surface area contributed by atoms with Crippen LogP contribution in [0.15, 0.2) is 52.1 Å². The number of rotatable bonds is 5. The van der Waals surface area contributed by atoms with Crippen LogP contribution in [0, 0.1) is 0 Å². The normalized spacial score (nSPS) is 19.8. The van der Waals surface area contributed by atoms with Crippen LogP contribution in [0.2, 0.25) is 0 Å². The molecule has 1 spiro atoms. The zero-order valence-corrected chi connectivity index (χ0v) is 17.7. The Morgan fingerprint density at radius 2 is 2.10 bits per heavy atom. The maximum Gasteiger partial charge on any atom is 0.216 e. The summed E-state index contributed by atoms with van der Waals surface area (Å²) in [4.78, 5) is 9.23. The topological polar surface area (TPSA) is 100 Å². The Morgan fingerprint density at radius 3 is 2.90 bits per heavy atom. The lowest BCUT2D eigenvalue weighted by Crippen LogP contribution is -2.46. The molecule has 8 nitrogen and oxygen atoms in total. The van der Waals surface area contributed by atoms with Gasteiger partial charge < -0.3 is 19.8 Å². The fraction of sp³-hybridized carbons (Fsp3) is 0.435. The van der Waals surface area contributed by atoms with Crippen LogP contribution in [0.25, 0.3) is 11.6 Å². The van der Waals surface area contributed by atoms with Gasteiger partial charge in [0.25, 0.3) is 0 Å². The fourth-order valence-corrected chi connectivity index (χ4v) is 4.59. The molecule has 3 heterocycles. The molecule has 3 aromatic rings. The molecule has 8 heteroatoms. The smallest absolute Gasteiger partial charge is 0.216 e. The van der Waals surface area contributed by atoms with Gasteiger partial charge in [-0.05, 0) is 50.8 Å². The Morgan fingerprint density at radius 1 is 1.23 bits per heavy atom. The lowest BCUT2D eigenvalue weighted by atomic mass is 9.86. The number of aliphatic imine (C=N–C) groups is 1. The molecule has 0 bridgehead atoms. The molecule has 1 atom stereocenters. The van der Waals surface area contributed by atoms with Crippen molar-refractivity contribution in [2.75, 3.05) is 6.54 Å². The van der Waals surface area contributed by atoms with E-state index in [1.165, 1.54) is 18.4 Å². The van der Waals surface area contributed by atoms with Crippen LogP contribution in [0.5, 0.6) is 5.75 Å². The molecule has 0 amide bonds. The van der Waals surface area contributed by atoms with Crippen molar-refractivity contribution in [3.05, 3.63) is 54.0 Å². The van der Waals surface area contributed by atoms with Crippen molar-refractivity contribution < 1.29 is 9.15 Å². The van der Waals surface area contributed by atoms with E-state index in [-0.39, 0.29) is 11.6 Å². The maximum absolute atomic E-state index is 6.49. The summed E-state index contributed by atoms with van der Waals surface area (Å²) in [5.74, 6) is 3.60. The van der Waals surface area contributed by atoms with Gasteiger partial charge in [-0.25, -0.2) is 9.98 Å². The zero-order chi connectivity index (χ0) is 21.1. The third-order valence-corrected chi connectivity index (χ3v) is 6.03. The molecular formula is C23H28N6O2. The Labute approximate surface area is 181 Å². The molecular weight excluding hydrogens is 392 g/mol. The molecule has 1 fully saturated rings. The number of H-pyrrole nitrogens is 1. The van der Waals surface area contributed by atoms with Gasteiger partial charge in [0, 0.05) is 18.5 Å². The first-order valence-electron chi connectivity index (χ1n) is 11.0. The average molecular weight is 421 g/mol. The number of nitrogens with one attached hydrogen (secondary N) is 3. The molecule has 3 N–H and O–H groups in total. The number of fused-ring (bicyclic) bond motifs is 1. The molecule has 1 saturated carbocycles. The van der Waals surface area contributed by atoms with Crippen molar-refractivity contribution in [3.63, 3.8) is 0 Å². The Kier molecular flexibility index (Phi) is 5.36. The van der Waals surface area contributed by atoms with Crippen LogP contribution in [0.3, 0.4) is 0 Å². The van der Waals surface area contributed by atoms with Gasteiger partial charge in [0.1, 0.15) is 23.7 Å². The highest BCUT2D eigenvalue weighted by Crippen LogP contribution is 2.46. The predicted molar refractivity (Wildman–Crippen MR) is 118 cm³/mol. The number of hydrogen-bond donors (Lipinski definition) is 3. The first kappa shape index (κ1) is 19.7. The van der Waals surface area contributed by atoms with E-state index in [0.717, 1.165) is 37.5 Å². The van der Waals surface area contributed by atoms with Gasteiger partial charge in [-0.2, -0.15) is 0 Å². The summed E-state index contributed by atoms with van der Waals surface area (Å²) >= 11 is 0. The third kappa shape index (κ3) is 4.15. The average Bonchev–Trinajstić information content (AvgIpc) is 3.54. The van der Waals surface area contributed by atoms with Crippen molar-refractivity contribution in [1.82, 2.24) is 25.8 Å². The summed E-state index contributed by atoms with van der Waals surface area (Å²) in [5, 5.41) is 14.2. The molecule has 1 aliphatic heterocycles. The summed E-state index contributed by atoms with van der Waals surface area (Å²) in [6.07, 6.45) is 7.24. The SMILES string of the molecule is CCNC(=NCc1nc(-c2ccco2)n[nH]1)NC1CC2(CCCC2)Oc2ccccc21. The maximum atomic E-state index is 6.49. The molecule has 0 radical (unpaired) electrons. The lowest BCUT2D eigenvalue weighted by Gasteiger charge is -2.40. The Bertz CT molecular complexity index is 1040.